The summed E-state index contributed by atoms with van der Waals surface area (Å²) in [6.45, 7) is 3.74. The van der Waals surface area contributed by atoms with Crippen molar-refractivity contribution in [3.63, 3.8) is 0 Å². The lowest BCUT2D eigenvalue weighted by Gasteiger charge is -2.12. The van der Waals surface area contributed by atoms with Crippen molar-refractivity contribution in [2.75, 3.05) is 0 Å². The highest BCUT2D eigenvalue weighted by molar-refractivity contribution is 14.1. The molecule has 5 nitrogen and oxygen atoms in total. The van der Waals surface area contributed by atoms with Crippen LogP contribution in [0.5, 0.6) is 0 Å². The van der Waals surface area contributed by atoms with Crippen LogP contribution in [0.25, 0.3) is 0 Å². The van der Waals surface area contributed by atoms with Crippen molar-refractivity contribution in [2.24, 2.45) is 0 Å². The van der Waals surface area contributed by atoms with Crippen LogP contribution >= 0.6 is 22.6 Å². The first-order chi connectivity index (χ1) is 4.52. The third-order valence-corrected chi connectivity index (χ3v) is 1.43. The summed E-state index contributed by atoms with van der Waals surface area (Å²) in [6, 6.07) is 0. The van der Waals surface area contributed by atoms with Gasteiger partial charge in [-0.1, -0.05) is 22.6 Å². The molecule has 0 bridgehead atoms. The Morgan fingerprint density at radius 2 is 2.30 bits per heavy atom. The first kappa shape index (κ1) is 7.70. The van der Waals surface area contributed by atoms with Gasteiger partial charge in [-0.15, -0.1) is 0 Å². The Labute approximate surface area is 70.9 Å². The number of H-pyrrole nitrogens is 1. The van der Waals surface area contributed by atoms with E-state index >= 15 is 0 Å². The number of hydrogen-bond donors (Lipinski definition) is 1. The molecule has 0 radical (unpaired) electrons. The van der Waals surface area contributed by atoms with Crippen LogP contribution in [0.3, 0.4) is 0 Å². The van der Waals surface area contributed by atoms with E-state index in [0.29, 0.717) is 0 Å². The van der Waals surface area contributed by atoms with E-state index in [4.69, 9.17) is 0 Å². The molecule has 0 saturated carbocycles. The summed E-state index contributed by atoms with van der Waals surface area (Å²) in [5.41, 5.74) is -0.278. The maximum atomic E-state index is 10.8. The van der Waals surface area contributed by atoms with Crippen molar-refractivity contribution >= 4 is 22.6 Å². The number of nitrogens with one attached hydrogen (secondary N) is 1. The zero-order valence-corrected chi connectivity index (χ0v) is 7.79. The molecule has 1 aromatic heterocycles. The molecule has 56 valence electrons. The smallest absolute Gasteiger partial charge is 0.244 e. The van der Waals surface area contributed by atoms with Crippen molar-refractivity contribution in [3.8, 4) is 0 Å². The Balaban J connectivity index is 3.18. The number of nitrogens with zero attached hydrogens (tertiary/aromatic N) is 3. The summed E-state index contributed by atoms with van der Waals surface area (Å²) in [5, 5.41) is 9.15. The monoisotopic (exact) mass is 254 g/mol. The molecule has 0 aliphatic heterocycles. The Hall–Kier alpha value is -0.400. The van der Waals surface area contributed by atoms with Crippen LogP contribution < -0.4 is 5.69 Å². The molecule has 1 aromatic rings. The Bertz CT molecular complexity index is 269. The van der Waals surface area contributed by atoms with Crippen molar-refractivity contribution in [2.45, 2.75) is 17.4 Å². The number of hydrogen-bond acceptors (Lipinski definition) is 3. The normalized spacial score (nSPS) is 11.9. The molecule has 1 heterocycles. The number of aromatic nitrogens is 4. The minimum atomic E-state index is -0.318. The van der Waals surface area contributed by atoms with Gasteiger partial charge in [-0.3, -0.25) is 0 Å². The fourth-order valence-corrected chi connectivity index (χ4v) is 0.861. The van der Waals surface area contributed by atoms with E-state index in [2.05, 4.69) is 38.1 Å². The van der Waals surface area contributed by atoms with Gasteiger partial charge in [0.2, 0.25) is 0 Å². The average Bonchev–Trinajstić information content (AvgIpc) is 2.11. The number of rotatable bonds is 1. The molecule has 0 aliphatic rings. The fourth-order valence-electron chi connectivity index (χ4n) is 0.546. The Kier molecular flexibility index (Phi) is 1.80. The lowest BCUT2D eigenvalue weighted by atomic mass is 10.4. The van der Waals surface area contributed by atoms with Gasteiger partial charge in [0.15, 0.2) is 0 Å². The first-order valence-electron chi connectivity index (χ1n) is 2.71. The van der Waals surface area contributed by atoms with Crippen LogP contribution in [0.1, 0.15) is 13.8 Å². The van der Waals surface area contributed by atoms with Crippen molar-refractivity contribution in [1.29, 1.82) is 0 Å². The average molecular weight is 254 g/mol. The molecule has 6 heteroatoms. The molecule has 0 spiro atoms. The van der Waals surface area contributed by atoms with Gasteiger partial charge in [-0.25, -0.2) is 9.89 Å². The molecule has 1 rings (SSSR count). The van der Waals surface area contributed by atoms with Crippen LogP contribution in [0.4, 0.5) is 0 Å². The number of tetrazole rings is 1. The molecule has 0 aromatic carbocycles. The minimum absolute atomic E-state index is 0.278. The molecule has 0 unspecified atom stereocenters. The summed E-state index contributed by atoms with van der Waals surface area (Å²) < 4.78 is 0.968. The predicted octanol–water partition coefficient (Wildman–Crippen LogP) is 0.0940. The van der Waals surface area contributed by atoms with Gasteiger partial charge in [-0.2, -0.15) is 4.68 Å². The standard InChI is InChI=1S/C4H7IN4O/c1-4(2,5)9-3(10)6-7-8-9/h1-2H3,(H,6,8,10). The van der Waals surface area contributed by atoms with Crippen LogP contribution in [0.15, 0.2) is 4.79 Å². The van der Waals surface area contributed by atoms with Gasteiger partial charge in [0.25, 0.3) is 0 Å². The lowest BCUT2D eigenvalue weighted by Crippen LogP contribution is -2.30. The van der Waals surface area contributed by atoms with Crippen molar-refractivity contribution < 1.29 is 0 Å². The Morgan fingerprint density at radius 3 is 2.50 bits per heavy atom. The van der Waals surface area contributed by atoms with Gasteiger partial charge in [0.1, 0.15) is 3.55 Å². The van der Waals surface area contributed by atoms with E-state index < -0.39 is 0 Å². The van der Waals surface area contributed by atoms with Crippen LogP contribution in [-0.2, 0) is 3.55 Å². The fraction of sp³-hybridized carbons (Fsp3) is 0.750. The molecule has 0 amide bonds. The summed E-state index contributed by atoms with van der Waals surface area (Å²) in [7, 11) is 0. The topological polar surface area (TPSA) is 63.6 Å². The Morgan fingerprint density at radius 1 is 1.70 bits per heavy atom. The molecule has 0 fully saturated rings. The predicted molar refractivity (Wildman–Crippen MR) is 44.0 cm³/mol. The van der Waals surface area contributed by atoms with Gasteiger partial charge in [0, 0.05) is 0 Å². The second-order valence-electron chi connectivity index (χ2n) is 2.33. The summed E-state index contributed by atoms with van der Waals surface area (Å²) in [4.78, 5) is 10.8. The van der Waals surface area contributed by atoms with Gasteiger partial charge < -0.3 is 0 Å². The highest BCUT2D eigenvalue weighted by Gasteiger charge is 2.18. The first-order valence-corrected chi connectivity index (χ1v) is 3.79. The van der Waals surface area contributed by atoms with Gasteiger partial charge >= 0.3 is 5.69 Å². The van der Waals surface area contributed by atoms with E-state index in [1.54, 1.807) is 0 Å². The van der Waals surface area contributed by atoms with E-state index in [9.17, 15) is 4.79 Å². The summed E-state index contributed by atoms with van der Waals surface area (Å²) in [6.07, 6.45) is 0. The second kappa shape index (κ2) is 2.33. The quantitative estimate of drug-likeness (QED) is 0.570. The minimum Gasteiger partial charge on any atom is -0.244 e. The third kappa shape index (κ3) is 1.36. The maximum Gasteiger partial charge on any atom is 0.362 e. The van der Waals surface area contributed by atoms with Gasteiger partial charge in [0.05, 0.1) is 0 Å². The molecular formula is C4H7IN4O. The van der Waals surface area contributed by atoms with Crippen LogP contribution in [0, 0.1) is 0 Å². The van der Waals surface area contributed by atoms with Crippen molar-refractivity contribution in [1.82, 2.24) is 20.2 Å². The molecule has 0 saturated heterocycles. The molecule has 0 atom stereocenters. The molecular weight excluding hydrogens is 247 g/mol. The third-order valence-electron chi connectivity index (χ3n) is 0.976. The number of alkyl halides is 1. The maximum absolute atomic E-state index is 10.8. The van der Waals surface area contributed by atoms with Crippen LogP contribution in [0.2, 0.25) is 0 Å². The van der Waals surface area contributed by atoms with Crippen molar-refractivity contribution in [3.05, 3.63) is 10.5 Å². The second-order valence-corrected chi connectivity index (χ2v) is 4.97. The SMILES string of the molecule is CC(C)(I)n1nn[nH]c1=O. The number of aromatic amines is 1. The van der Waals surface area contributed by atoms with Crippen LogP contribution in [-0.4, -0.2) is 20.2 Å². The summed E-state index contributed by atoms with van der Waals surface area (Å²) >= 11 is 2.11. The van der Waals surface area contributed by atoms with Gasteiger partial charge in [-0.05, 0) is 24.3 Å². The van der Waals surface area contributed by atoms with E-state index in [1.807, 2.05) is 13.8 Å². The molecule has 10 heavy (non-hydrogen) atoms. The zero-order valence-electron chi connectivity index (χ0n) is 5.63. The number of halogens is 1. The van der Waals surface area contributed by atoms with E-state index in [1.165, 1.54) is 4.68 Å². The van der Waals surface area contributed by atoms with E-state index in [-0.39, 0.29) is 9.24 Å². The highest BCUT2D eigenvalue weighted by Crippen LogP contribution is 2.18. The zero-order chi connectivity index (χ0) is 7.78. The van der Waals surface area contributed by atoms with E-state index in [0.717, 1.165) is 0 Å². The largest absolute Gasteiger partial charge is 0.362 e. The highest BCUT2D eigenvalue weighted by atomic mass is 127. The lowest BCUT2D eigenvalue weighted by molar-refractivity contribution is 0.476. The molecule has 1 N–H and O–H groups in total. The molecule has 0 aliphatic carbocycles. The summed E-state index contributed by atoms with van der Waals surface area (Å²) in [5.74, 6) is 0.